The van der Waals surface area contributed by atoms with Crippen molar-refractivity contribution in [2.75, 3.05) is 0 Å². The van der Waals surface area contributed by atoms with E-state index < -0.39 is 5.41 Å². The van der Waals surface area contributed by atoms with E-state index in [1.807, 2.05) is 20.8 Å². The van der Waals surface area contributed by atoms with Gasteiger partial charge in [-0.15, -0.1) is 0 Å². The lowest BCUT2D eigenvalue weighted by Gasteiger charge is -2.42. The molecule has 0 aromatic heterocycles. The van der Waals surface area contributed by atoms with Gasteiger partial charge in [0.2, 0.25) is 0 Å². The summed E-state index contributed by atoms with van der Waals surface area (Å²) >= 11 is 0. The quantitative estimate of drug-likeness (QED) is 0.669. The molecule has 0 saturated carbocycles. The van der Waals surface area contributed by atoms with Crippen LogP contribution in [0, 0.1) is 23.2 Å². The number of nitrogens with two attached hydrogens (primary N) is 1. The second kappa shape index (κ2) is 9.03. The van der Waals surface area contributed by atoms with Crippen molar-refractivity contribution in [3.8, 4) is 0 Å². The van der Waals surface area contributed by atoms with Crippen LogP contribution in [-0.2, 0) is 19.1 Å². The molecule has 2 aliphatic carbocycles. The van der Waals surface area contributed by atoms with Crippen LogP contribution in [-0.4, -0.2) is 30.2 Å². The maximum Gasteiger partial charge on any atom is 0.311 e. The van der Waals surface area contributed by atoms with Crippen LogP contribution < -0.4 is 5.73 Å². The number of ether oxygens (including phenoxy) is 2. The van der Waals surface area contributed by atoms with Crippen LogP contribution in [0.1, 0.15) is 72.6 Å². The number of carbonyl (C=O) groups excluding carboxylic acids is 2. The van der Waals surface area contributed by atoms with E-state index >= 15 is 0 Å². The maximum absolute atomic E-state index is 12.8. The molecule has 0 radical (unpaired) electrons. The van der Waals surface area contributed by atoms with Gasteiger partial charge in [-0.05, 0) is 63.4 Å². The van der Waals surface area contributed by atoms with Gasteiger partial charge in [-0.25, -0.2) is 0 Å². The first-order valence-electron chi connectivity index (χ1n) is 11.2. The Morgan fingerprint density at radius 2 is 2.07 bits per heavy atom. The summed E-state index contributed by atoms with van der Waals surface area (Å²) in [6.45, 7) is 8.13. The summed E-state index contributed by atoms with van der Waals surface area (Å²) in [6, 6.07) is -0.0940. The summed E-state index contributed by atoms with van der Waals surface area (Å²) in [5.74, 6) is 0.723. The molecule has 0 aromatic rings. The number of cyclic esters (lactones) is 1. The molecule has 3 rings (SSSR count). The minimum atomic E-state index is -0.461. The smallest absolute Gasteiger partial charge is 0.311 e. The maximum atomic E-state index is 12.8. The van der Waals surface area contributed by atoms with Gasteiger partial charge in [0.15, 0.2) is 0 Å². The molecule has 3 aliphatic rings. The Labute approximate surface area is 175 Å². The summed E-state index contributed by atoms with van der Waals surface area (Å²) in [6.07, 6.45) is 12.0. The number of allylic oxidation sites excluding steroid dienone is 3. The highest BCUT2D eigenvalue weighted by molar-refractivity contribution is 5.76. The molecule has 162 valence electrons. The van der Waals surface area contributed by atoms with Crippen LogP contribution in [0.25, 0.3) is 0 Å². The first-order valence-corrected chi connectivity index (χ1v) is 11.2. The molecule has 1 saturated heterocycles. The topological polar surface area (TPSA) is 78.6 Å². The van der Waals surface area contributed by atoms with Gasteiger partial charge in [0, 0.05) is 18.4 Å². The molecule has 6 atom stereocenters. The molecule has 1 heterocycles. The van der Waals surface area contributed by atoms with E-state index in [-0.39, 0.29) is 36.1 Å². The van der Waals surface area contributed by atoms with E-state index in [1.54, 1.807) is 0 Å². The number of hydrogen-bond donors (Lipinski definition) is 1. The third kappa shape index (κ3) is 5.30. The average Bonchev–Trinajstić information content (AvgIpc) is 2.65. The van der Waals surface area contributed by atoms with Gasteiger partial charge in [0.05, 0.1) is 11.8 Å². The van der Waals surface area contributed by atoms with Gasteiger partial charge in [0.1, 0.15) is 12.2 Å². The normalized spacial score (nSPS) is 34.8. The lowest BCUT2D eigenvalue weighted by Crippen LogP contribution is -2.42. The Morgan fingerprint density at radius 1 is 1.31 bits per heavy atom. The van der Waals surface area contributed by atoms with Gasteiger partial charge < -0.3 is 15.2 Å². The van der Waals surface area contributed by atoms with Crippen LogP contribution in [0.2, 0.25) is 0 Å². The molecule has 0 spiro atoms. The highest BCUT2D eigenvalue weighted by Gasteiger charge is 2.41. The highest BCUT2D eigenvalue weighted by atomic mass is 16.5. The van der Waals surface area contributed by atoms with Crippen LogP contribution in [0.5, 0.6) is 0 Å². The SMILES string of the molecule is CCC(C)(C)C(=O)O[C@H]1C[C@@H](C)C=C2C=CC[C@H](CC[C@@H]3C[C@@H](N)CC(=O)O3)C21. The third-order valence-electron chi connectivity index (χ3n) is 6.97. The predicted molar refractivity (Wildman–Crippen MR) is 113 cm³/mol. The van der Waals surface area contributed by atoms with Crippen LogP contribution >= 0.6 is 0 Å². The van der Waals surface area contributed by atoms with Crippen molar-refractivity contribution in [1.29, 1.82) is 0 Å². The molecular formula is C24H37NO4. The Kier molecular flexibility index (Phi) is 6.87. The van der Waals surface area contributed by atoms with Gasteiger partial charge >= 0.3 is 11.9 Å². The van der Waals surface area contributed by atoms with Crippen molar-refractivity contribution < 1.29 is 19.1 Å². The standard InChI is InChI=1S/C24H37NO4/c1-5-24(3,4)23(27)29-20-12-15(2)11-17-8-6-7-16(22(17)20)9-10-19-13-18(25)14-21(26)28-19/h6,8,11,15-16,18-20,22H,5,7,9-10,12-14,25H2,1-4H3/t15-,16+,18+,19+,20-,22?/m0/s1. The Morgan fingerprint density at radius 3 is 2.76 bits per heavy atom. The minimum absolute atomic E-state index is 0.0885. The van der Waals surface area contributed by atoms with E-state index in [9.17, 15) is 9.59 Å². The van der Waals surface area contributed by atoms with Crippen LogP contribution in [0.3, 0.4) is 0 Å². The number of esters is 2. The Hall–Kier alpha value is -1.62. The van der Waals surface area contributed by atoms with Crippen molar-refractivity contribution in [2.45, 2.75) is 90.9 Å². The summed E-state index contributed by atoms with van der Waals surface area (Å²) in [5.41, 5.74) is 6.83. The molecule has 1 fully saturated rings. The van der Waals surface area contributed by atoms with E-state index in [4.69, 9.17) is 15.2 Å². The number of carbonyl (C=O) groups is 2. The number of fused-ring (bicyclic) bond motifs is 1. The molecule has 5 heteroatoms. The number of hydrogen-bond acceptors (Lipinski definition) is 5. The molecule has 2 N–H and O–H groups in total. The molecule has 29 heavy (non-hydrogen) atoms. The highest BCUT2D eigenvalue weighted by Crippen LogP contribution is 2.43. The molecule has 0 bridgehead atoms. The van der Waals surface area contributed by atoms with Crippen molar-refractivity contribution in [1.82, 2.24) is 0 Å². The second-order valence-electron chi connectivity index (χ2n) is 9.87. The van der Waals surface area contributed by atoms with Gasteiger partial charge in [-0.1, -0.05) is 32.1 Å². The fraction of sp³-hybridized carbons (Fsp3) is 0.750. The Balaban J connectivity index is 1.71. The average molecular weight is 404 g/mol. The van der Waals surface area contributed by atoms with E-state index in [0.29, 0.717) is 18.3 Å². The monoisotopic (exact) mass is 403 g/mol. The van der Waals surface area contributed by atoms with E-state index in [0.717, 1.165) is 38.5 Å². The molecule has 0 aromatic carbocycles. The minimum Gasteiger partial charge on any atom is -0.462 e. The summed E-state index contributed by atoms with van der Waals surface area (Å²) in [5, 5.41) is 0. The van der Waals surface area contributed by atoms with Crippen molar-refractivity contribution in [3.63, 3.8) is 0 Å². The molecular weight excluding hydrogens is 366 g/mol. The molecule has 5 nitrogen and oxygen atoms in total. The molecule has 1 unspecified atom stereocenters. The van der Waals surface area contributed by atoms with Crippen LogP contribution in [0.15, 0.2) is 23.8 Å². The van der Waals surface area contributed by atoms with Gasteiger partial charge in [-0.3, -0.25) is 9.59 Å². The van der Waals surface area contributed by atoms with Crippen molar-refractivity contribution >= 4 is 11.9 Å². The lowest BCUT2D eigenvalue weighted by atomic mass is 9.68. The first kappa shape index (κ1) is 22.1. The lowest BCUT2D eigenvalue weighted by molar-refractivity contribution is -0.164. The fourth-order valence-electron chi connectivity index (χ4n) is 4.86. The Bertz CT molecular complexity index is 680. The van der Waals surface area contributed by atoms with E-state index in [1.165, 1.54) is 5.57 Å². The zero-order valence-corrected chi connectivity index (χ0v) is 18.4. The summed E-state index contributed by atoms with van der Waals surface area (Å²) in [4.78, 5) is 24.5. The zero-order valence-electron chi connectivity index (χ0n) is 18.4. The summed E-state index contributed by atoms with van der Waals surface area (Å²) in [7, 11) is 0. The summed E-state index contributed by atoms with van der Waals surface area (Å²) < 4.78 is 11.6. The van der Waals surface area contributed by atoms with Gasteiger partial charge in [-0.2, -0.15) is 0 Å². The van der Waals surface area contributed by atoms with Gasteiger partial charge in [0.25, 0.3) is 0 Å². The predicted octanol–water partition coefficient (Wildman–Crippen LogP) is 4.31. The first-order chi connectivity index (χ1) is 13.7. The zero-order chi connectivity index (χ0) is 21.2. The second-order valence-corrected chi connectivity index (χ2v) is 9.87. The largest absolute Gasteiger partial charge is 0.462 e. The third-order valence-corrected chi connectivity index (χ3v) is 6.97. The molecule has 0 amide bonds. The van der Waals surface area contributed by atoms with Crippen LogP contribution in [0.4, 0.5) is 0 Å². The van der Waals surface area contributed by atoms with E-state index in [2.05, 4.69) is 25.2 Å². The van der Waals surface area contributed by atoms with Crippen molar-refractivity contribution in [2.24, 2.45) is 28.9 Å². The molecule has 1 aliphatic heterocycles. The van der Waals surface area contributed by atoms with Crippen molar-refractivity contribution in [3.05, 3.63) is 23.8 Å². The number of rotatable bonds is 6. The fourth-order valence-corrected chi connectivity index (χ4v) is 4.86.